The van der Waals surface area contributed by atoms with Crippen LogP contribution in [0.3, 0.4) is 0 Å². The van der Waals surface area contributed by atoms with Gasteiger partial charge in [-0.1, -0.05) is 27.5 Å². The van der Waals surface area contributed by atoms with E-state index in [0.29, 0.717) is 9.67 Å². The normalized spacial score (nSPS) is 13.1. The first-order valence-electron chi connectivity index (χ1n) is 4.12. The lowest BCUT2D eigenvalue weighted by Crippen LogP contribution is -2.44. The molecule has 0 radical (unpaired) electrons. The summed E-state index contributed by atoms with van der Waals surface area (Å²) in [6, 6.07) is 3.07. The van der Waals surface area contributed by atoms with Crippen molar-refractivity contribution in [3.63, 3.8) is 0 Å². The van der Waals surface area contributed by atoms with E-state index >= 15 is 0 Å². The van der Waals surface area contributed by atoms with Crippen molar-refractivity contribution < 1.29 is 8.42 Å². The Bertz CT molecular complexity index is 441. The molecule has 0 aliphatic rings. The van der Waals surface area contributed by atoms with Crippen LogP contribution in [-0.2, 0) is 10.0 Å². The Hall–Kier alpha value is 0.380. The summed E-state index contributed by atoms with van der Waals surface area (Å²) in [5.41, 5.74) is -0.519. The lowest BCUT2D eigenvalue weighted by atomic mass is 10.1. The van der Waals surface area contributed by atoms with E-state index in [4.69, 9.17) is 11.6 Å². The maximum absolute atomic E-state index is 11.8. The fourth-order valence-electron chi connectivity index (χ4n) is 0.883. The van der Waals surface area contributed by atoms with Gasteiger partial charge >= 0.3 is 0 Å². The molecule has 15 heavy (non-hydrogen) atoms. The van der Waals surface area contributed by atoms with Crippen molar-refractivity contribution in [2.45, 2.75) is 23.6 Å². The molecule has 1 aromatic rings. The summed E-state index contributed by atoms with van der Waals surface area (Å²) in [5.74, 6) is 0. The summed E-state index contributed by atoms with van der Waals surface area (Å²) in [5, 5.41) is 0.540. The molecular formula is C8H11BrClNO2S2. The van der Waals surface area contributed by atoms with Crippen LogP contribution in [0.4, 0.5) is 0 Å². The van der Waals surface area contributed by atoms with E-state index in [-0.39, 0.29) is 4.21 Å². The molecule has 1 rings (SSSR count). The molecule has 86 valence electrons. The van der Waals surface area contributed by atoms with Gasteiger partial charge in [-0.3, -0.25) is 0 Å². The molecule has 0 aromatic carbocycles. The van der Waals surface area contributed by atoms with E-state index in [1.165, 1.54) is 6.07 Å². The number of sulfonamides is 1. The molecule has 0 saturated carbocycles. The van der Waals surface area contributed by atoms with Crippen molar-refractivity contribution >= 4 is 48.9 Å². The van der Waals surface area contributed by atoms with Crippen molar-refractivity contribution in [3.8, 4) is 0 Å². The Morgan fingerprint density at radius 3 is 2.53 bits per heavy atom. The fourth-order valence-corrected chi connectivity index (χ4v) is 4.10. The third-order valence-corrected chi connectivity index (χ3v) is 6.38. The molecule has 0 amide bonds. The van der Waals surface area contributed by atoms with Gasteiger partial charge in [0.1, 0.15) is 4.21 Å². The molecule has 0 saturated heterocycles. The van der Waals surface area contributed by atoms with E-state index in [0.717, 1.165) is 11.3 Å². The van der Waals surface area contributed by atoms with E-state index in [1.807, 2.05) is 0 Å². The highest BCUT2D eigenvalue weighted by molar-refractivity contribution is 9.09. The number of alkyl halides is 1. The Kier molecular flexibility index (Phi) is 4.22. The van der Waals surface area contributed by atoms with Gasteiger partial charge in [-0.15, -0.1) is 11.3 Å². The van der Waals surface area contributed by atoms with Crippen molar-refractivity contribution in [2.24, 2.45) is 0 Å². The highest BCUT2D eigenvalue weighted by Crippen LogP contribution is 2.26. The minimum absolute atomic E-state index is 0.238. The molecule has 0 atom stereocenters. The molecular weight excluding hydrogens is 322 g/mol. The molecule has 0 fully saturated rings. The second-order valence-electron chi connectivity index (χ2n) is 3.68. The highest BCUT2D eigenvalue weighted by Gasteiger charge is 2.26. The molecule has 0 bridgehead atoms. The highest BCUT2D eigenvalue weighted by atomic mass is 79.9. The van der Waals surface area contributed by atoms with Gasteiger partial charge in [0.25, 0.3) is 10.0 Å². The van der Waals surface area contributed by atoms with Crippen LogP contribution in [0.2, 0.25) is 4.34 Å². The zero-order valence-corrected chi connectivity index (χ0v) is 12.2. The van der Waals surface area contributed by atoms with Gasteiger partial charge in [0.15, 0.2) is 0 Å². The van der Waals surface area contributed by atoms with Gasteiger partial charge in [0.05, 0.1) is 4.34 Å². The second-order valence-corrected chi connectivity index (χ2v) is 7.87. The minimum Gasteiger partial charge on any atom is -0.206 e. The minimum atomic E-state index is -3.46. The number of nitrogens with one attached hydrogen (secondary N) is 1. The average Bonchev–Trinajstić information content (AvgIpc) is 2.51. The fraction of sp³-hybridized carbons (Fsp3) is 0.500. The summed E-state index contributed by atoms with van der Waals surface area (Å²) in [6.07, 6.45) is 0. The van der Waals surface area contributed by atoms with Gasteiger partial charge in [-0.05, 0) is 26.0 Å². The standard InChI is InChI=1S/C8H11BrClNO2S2/c1-8(2,5-9)11-15(12,13)7-4-3-6(10)14-7/h3-4,11H,5H2,1-2H3. The monoisotopic (exact) mass is 331 g/mol. The van der Waals surface area contributed by atoms with E-state index in [9.17, 15) is 8.42 Å². The molecule has 0 unspecified atom stereocenters. The van der Waals surface area contributed by atoms with Gasteiger partial charge < -0.3 is 0 Å². The van der Waals surface area contributed by atoms with Crippen LogP contribution < -0.4 is 4.72 Å². The topological polar surface area (TPSA) is 46.2 Å². The Morgan fingerprint density at radius 2 is 2.13 bits per heavy atom. The third-order valence-electron chi connectivity index (χ3n) is 1.56. The largest absolute Gasteiger partial charge is 0.250 e. The van der Waals surface area contributed by atoms with Gasteiger partial charge in [-0.25, -0.2) is 13.1 Å². The van der Waals surface area contributed by atoms with Crippen LogP contribution in [0, 0.1) is 0 Å². The van der Waals surface area contributed by atoms with Crippen molar-refractivity contribution in [2.75, 3.05) is 5.33 Å². The quantitative estimate of drug-likeness (QED) is 0.862. The number of hydrogen-bond donors (Lipinski definition) is 1. The van der Waals surface area contributed by atoms with Crippen LogP contribution in [0.25, 0.3) is 0 Å². The van der Waals surface area contributed by atoms with Crippen LogP contribution in [-0.4, -0.2) is 19.3 Å². The predicted molar refractivity (Wildman–Crippen MR) is 67.5 cm³/mol. The first-order chi connectivity index (χ1) is 6.77. The summed E-state index contributed by atoms with van der Waals surface area (Å²) < 4.78 is 27.0. The molecule has 0 spiro atoms. The average molecular weight is 333 g/mol. The molecule has 7 heteroatoms. The van der Waals surface area contributed by atoms with Crippen molar-refractivity contribution in [1.82, 2.24) is 4.72 Å². The molecule has 0 aliphatic heterocycles. The summed E-state index contributed by atoms with van der Waals surface area (Å²) in [6.45, 7) is 3.60. The van der Waals surface area contributed by atoms with Gasteiger partial charge in [0, 0.05) is 10.9 Å². The van der Waals surface area contributed by atoms with Crippen LogP contribution in [0.1, 0.15) is 13.8 Å². The number of thiophene rings is 1. The Balaban J connectivity index is 2.95. The second kappa shape index (κ2) is 4.71. The van der Waals surface area contributed by atoms with Crippen LogP contribution in [0.15, 0.2) is 16.3 Å². The number of rotatable bonds is 4. The number of hydrogen-bond acceptors (Lipinski definition) is 3. The van der Waals surface area contributed by atoms with E-state index in [1.54, 1.807) is 19.9 Å². The van der Waals surface area contributed by atoms with E-state index < -0.39 is 15.6 Å². The number of halogens is 2. The zero-order chi connectivity index (χ0) is 11.7. The van der Waals surface area contributed by atoms with Crippen LogP contribution in [0.5, 0.6) is 0 Å². The first-order valence-corrected chi connectivity index (χ1v) is 7.92. The smallest absolute Gasteiger partial charge is 0.206 e. The van der Waals surface area contributed by atoms with Crippen molar-refractivity contribution in [1.29, 1.82) is 0 Å². The Morgan fingerprint density at radius 1 is 1.53 bits per heavy atom. The first kappa shape index (κ1) is 13.4. The lowest BCUT2D eigenvalue weighted by Gasteiger charge is -2.22. The summed E-state index contributed by atoms with van der Waals surface area (Å²) in [4.78, 5) is 0. The summed E-state index contributed by atoms with van der Waals surface area (Å²) >= 11 is 9.99. The lowest BCUT2D eigenvalue weighted by molar-refractivity contribution is 0.502. The van der Waals surface area contributed by atoms with Gasteiger partial charge in [0.2, 0.25) is 0 Å². The molecule has 1 heterocycles. The molecule has 0 aliphatic carbocycles. The summed E-state index contributed by atoms with van der Waals surface area (Å²) in [7, 11) is -3.46. The maximum atomic E-state index is 11.8. The van der Waals surface area contributed by atoms with Crippen LogP contribution >= 0.6 is 38.9 Å². The molecule has 3 nitrogen and oxygen atoms in total. The molecule has 1 aromatic heterocycles. The Labute approximate surface area is 107 Å². The third kappa shape index (κ3) is 3.71. The predicted octanol–water partition coefficient (Wildman–Crippen LogP) is 2.85. The zero-order valence-electron chi connectivity index (χ0n) is 8.25. The molecule has 1 N–H and O–H groups in total. The SMILES string of the molecule is CC(C)(CBr)NS(=O)(=O)c1ccc(Cl)s1. The van der Waals surface area contributed by atoms with Gasteiger partial charge in [-0.2, -0.15) is 0 Å². The van der Waals surface area contributed by atoms with E-state index in [2.05, 4.69) is 20.7 Å². The van der Waals surface area contributed by atoms with Crippen molar-refractivity contribution in [3.05, 3.63) is 16.5 Å². The maximum Gasteiger partial charge on any atom is 0.250 e.